The zero-order chi connectivity index (χ0) is 15.1. The van der Waals surface area contributed by atoms with E-state index >= 15 is 0 Å². The van der Waals surface area contributed by atoms with E-state index in [1.54, 1.807) is 12.1 Å². The topological polar surface area (TPSA) is 73.6 Å². The molecule has 1 amide bonds. The predicted octanol–water partition coefficient (Wildman–Crippen LogP) is 1.75. The molecule has 0 bridgehead atoms. The van der Waals surface area contributed by atoms with E-state index < -0.39 is 0 Å². The Hall–Kier alpha value is -1.46. The maximum atomic E-state index is 11.6. The number of ether oxygens (including phenoxy) is 2. The Morgan fingerprint density at radius 2 is 2.15 bits per heavy atom. The molecule has 0 saturated heterocycles. The van der Waals surface area contributed by atoms with Gasteiger partial charge in [0, 0.05) is 22.7 Å². The highest BCUT2D eigenvalue weighted by Crippen LogP contribution is 2.34. The van der Waals surface area contributed by atoms with Gasteiger partial charge in [0.1, 0.15) is 0 Å². The Balaban J connectivity index is 2.88. The molecule has 0 spiro atoms. The second-order valence-corrected chi connectivity index (χ2v) is 5.08. The van der Waals surface area contributed by atoms with Crippen molar-refractivity contribution < 1.29 is 14.3 Å². The summed E-state index contributed by atoms with van der Waals surface area (Å²) >= 11 is 6.01. The second-order valence-electron chi connectivity index (χ2n) is 4.65. The first kappa shape index (κ1) is 16.6. The monoisotopic (exact) mass is 300 g/mol. The molecule has 1 rings (SSSR count). The number of nitrogens with one attached hydrogen (secondary N) is 1. The fourth-order valence-corrected chi connectivity index (χ4v) is 2.01. The molecule has 1 aromatic carbocycles. The van der Waals surface area contributed by atoms with Gasteiger partial charge in [0.05, 0.1) is 7.11 Å². The van der Waals surface area contributed by atoms with E-state index in [9.17, 15) is 4.79 Å². The van der Waals surface area contributed by atoms with Crippen LogP contribution in [0, 0.1) is 0 Å². The Morgan fingerprint density at radius 1 is 1.45 bits per heavy atom. The van der Waals surface area contributed by atoms with E-state index in [0.29, 0.717) is 29.5 Å². The van der Waals surface area contributed by atoms with Crippen LogP contribution >= 0.6 is 11.6 Å². The Morgan fingerprint density at radius 3 is 2.70 bits per heavy atom. The van der Waals surface area contributed by atoms with Crippen LogP contribution in [0.15, 0.2) is 12.1 Å². The van der Waals surface area contributed by atoms with Gasteiger partial charge in [0.15, 0.2) is 18.1 Å². The first-order valence-corrected chi connectivity index (χ1v) is 6.84. The molecule has 0 aliphatic heterocycles. The van der Waals surface area contributed by atoms with Crippen molar-refractivity contribution in [2.24, 2.45) is 5.73 Å². The first-order valence-electron chi connectivity index (χ1n) is 6.46. The van der Waals surface area contributed by atoms with Crippen LogP contribution in [-0.2, 0) is 11.2 Å². The summed E-state index contributed by atoms with van der Waals surface area (Å²) in [5.41, 5.74) is 6.40. The molecule has 0 unspecified atom stereocenters. The second kappa shape index (κ2) is 7.97. The van der Waals surface area contributed by atoms with E-state index in [-0.39, 0.29) is 18.6 Å². The van der Waals surface area contributed by atoms with Crippen LogP contribution in [0.2, 0.25) is 5.02 Å². The van der Waals surface area contributed by atoms with Gasteiger partial charge in [-0.2, -0.15) is 0 Å². The van der Waals surface area contributed by atoms with Crippen LogP contribution in [0.3, 0.4) is 0 Å². The van der Waals surface area contributed by atoms with Crippen molar-refractivity contribution in [3.05, 3.63) is 22.7 Å². The van der Waals surface area contributed by atoms with E-state index in [0.717, 1.165) is 5.56 Å². The number of rotatable bonds is 7. The number of methoxy groups -OCH3 is 1. The van der Waals surface area contributed by atoms with Gasteiger partial charge in [-0.25, -0.2) is 0 Å². The number of hydrogen-bond donors (Lipinski definition) is 2. The lowest BCUT2D eigenvalue weighted by Gasteiger charge is -2.16. The molecule has 112 valence electrons. The van der Waals surface area contributed by atoms with Gasteiger partial charge in [-0.15, -0.1) is 0 Å². The molecule has 0 aliphatic rings. The molecule has 0 aliphatic carbocycles. The summed E-state index contributed by atoms with van der Waals surface area (Å²) in [6, 6.07) is 3.49. The Kier molecular flexibility index (Phi) is 6.61. The number of halogens is 1. The molecule has 0 heterocycles. The smallest absolute Gasteiger partial charge is 0.258 e. The first-order chi connectivity index (χ1) is 9.47. The van der Waals surface area contributed by atoms with Gasteiger partial charge < -0.3 is 20.5 Å². The summed E-state index contributed by atoms with van der Waals surface area (Å²) < 4.78 is 10.8. The van der Waals surface area contributed by atoms with Crippen LogP contribution in [-0.4, -0.2) is 32.2 Å². The zero-order valence-corrected chi connectivity index (χ0v) is 12.8. The molecular formula is C14H21ClN2O3. The van der Waals surface area contributed by atoms with E-state index in [1.807, 2.05) is 13.8 Å². The highest BCUT2D eigenvalue weighted by Gasteiger charge is 2.14. The molecule has 0 atom stereocenters. The lowest BCUT2D eigenvalue weighted by atomic mass is 10.1. The lowest BCUT2D eigenvalue weighted by Crippen LogP contribution is -2.34. The molecule has 6 heteroatoms. The number of carbonyl (C=O) groups excluding carboxylic acids is 1. The van der Waals surface area contributed by atoms with Crippen molar-refractivity contribution >= 4 is 17.5 Å². The van der Waals surface area contributed by atoms with Crippen LogP contribution < -0.4 is 20.5 Å². The molecule has 5 nitrogen and oxygen atoms in total. The van der Waals surface area contributed by atoms with E-state index in [2.05, 4.69) is 5.32 Å². The fourth-order valence-electron chi connectivity index (χ4n) is 1.78. The standard InChI is InChI=1S/C14H21ClN2O3/c1-9(2)17-13(18)8-20-14-10(4-5-16)6-11(15)7-12(14)19-3/h6-7,9H,4-5,8,16H2,1-3H3,(H,17,18). The zero-order valence-electron chi connectivity index (χ0n) is 12.0. The number of carbonyl (C=O) groups is 1. The molecule has 20 heavy (non-hydrogen) atoms. The predicted molar refractivity (Wildman–Crippen MR) is 79.5 cm³/mol. The molecular weight excluding hydrogens is 280 g/mol. The average molecular weight is 301 g/mol. The van der Waals surface area contributed by atoms with Crippen LogP contribution in [0.1, 0.15) is 19.4 Å². The van der Waals surface area contributed by atoms with Crippen LogP contribution in [0.25, 0.3) is 0 Å². The van der Waals surface area contributed by atoms with Gasteiger partial charge in [-0.05, 0) is 32.9 Å². The number of amides is 1. The van der Waals surface area contributed by atoms with Crippen molar-refractivity contribution in [2.75, 3.05) is 20.3 Å². The van der Waals surface area contributed by atoms with Crippen LogP contribution in [0.4, 0.5) is 0 Å². The van der Waals surface area contributed by atoms with Gasteiger partial charge in [0.2, 0.25) is 0 Å². The van der Waals surface area contributed by atoms with Crippen molar-refractivity contribution in [3.63, 3.8) is 0 Å². The molecule has 0 saturated carbocycles. The highest BCUT2D eigenvalue weighted by atomic mass is 35.5. The summed E-state index contributed by atoms with van der Waals surface area (Å²) in [6.07, 6.45) is 0.595. The molecule has 1 aromatic rings. The minimum absolute atomic E-state index is 0.0710. The number of benzene rings is 1. The lowest BCUT2D eigenvalue weighted by molar-refractivity contribution is -0.123. The Labute approximate surface area is 124 Å². The summed E-state index contributed by atoms with van der Waals surface area (Å²) in [5.74, 6) is 0.829. The van der Waals surface area contributed by atoms with E-state index in [1.165, 1.54) is 7.11 Å². The summed E-state index contributed by atoms with van der Waals surface area (Å²) in [7, 11) is 1.53. The third-order valence-corrected chi connectivity index (χ3v) is 2.75. The minimum atomic E-state index is -0.185. The van der Waals surface area contributed by atoms with Crippen molar-refractivity contribution in [1.82, 2.24) is 5.32 Å². The average Bonchev–Trinajstić information content (AvgIpc) is 2.36. The van der Waals surface area contributed by atoms with Crippen LogP contribution in [0.5, 0.6) is 11.5 Å². The molecule has 0 fully saturated rings. The normalized spacial score (nSPS) is 10.5. The van der Waals surface area contributed by atoms with E-state index in [4.69, 9.17) is 26.8 Å². The quantitative estimate of drug-likeness (QED) is 0.804. The Bertz CT molecular complexity index is 464. The van der Waals surface area contributed by atoms with Gasteiger partial charge in [-0.1, -0.05) is 11.6 Å². The number of hydrogen-bond acceptors (Lipinski definition) is 4. The fraction of sp³-hybridized carbons (Fsp3) is 0.500. The minimum Gasteiger partial charge on any atom is -0.493 e. The summed E-state index contributed by atoms with van der Waals surface area (Å²) in [5, 5.41) is 3.30. The maximum Gasteiger partial charge on any atom is 0.258 e. The molecule has 0 aromatic heterocycles. The number of nitrogens with two attached hydrogens (primary N) is 1. The summed E-state index contributed by atoms with van der Waals surface area (Å²) in [6.45, 7) is 4.16. The molecule has 3 N–H and O–H groups in total. The molecule has 0 radical (unpaired) electrons. The highest BCUT2D eigenvalue weighted by molar-refractivity contribution is 6.30. The third-order valence-electron chi connectivity index (χ3n) is 2.53. The van der Waals surface area contributed by atoms with Gasteiger partial charge >= 0.3 is 0 Å². The van der Waals surface area contributed by atoms with Crippen molar-refractivity contribution in [3.8, 4) is 11.5 Å². The van der Waals surface area contributed by atoms with Gasteiger partial charge in [-0.3, -0.25) is 4.79 Å². The largest absolute Gasteiger partial charge is 0.493 e. The SMILES string of the molecule is COc1cc(Cl)cc(CCN)c1OCC(=O)NC(C)C. The van der Waals surface area contributed by atoms with Gasteiger partial charge in [0.25, 0.3) is 5.91 Å². The summed E-state index contributed by atoms with van der Waals surface area (Å²) in [4.78, 5) is 11.6. The third kappa shape index (κ3) is 4.90. The van der Waals surface area contributed by atoms with Crippen molar-refractivity contribution in [2.45, 2.75) is 26.3 Å². The van der Waals surface area contributed by atoms with Crippen molar-refractivity contribution in [1.29, 1.82) is 0 Å². The maximum absolute atomic E-state index is 11.6.